The Balaban J connectivity index is 3.56. The zero-order chi connectivity index (χ0) is 10.9. The van der Waals surface area contributed by atoms with Crippen LogP contribution in [0, 0.1) is 11.3 Å². The first-order chi connectivity index (χ1) is 6.49. The van der Waals surface area contributed by atoms with Crippen molar-refractivity contribution in [3.63, 3.8) is 0 Å². The van der Waals surface area contributed by atoms with E-state index in [1.165, 1.54) is 0 Å². The van der Waals surface area contributed by atoms with Crippen molar-refractivity contribution >= 4 is 27.7 Å². The summed E-state index contributed by atoms with van der Waals surface area (Å²) >= 11 is 1.02. The van der Waals surface area contributed by atoms with Crippen LogP contribution in [0.5, 0.6) is 0 Å². The minimum atomic E-state index is -0.582. The summed E-state index contributed by atoms with van der Waals surface area (Å²) in [6.45, 7) is 8.58. The Hall–Kier alpha value is -1.60. The molecule has 0 aliphatic heterocycles. The lowest BCUT2D eigenvalue weighted by Crippen LogP contribution is -1.87. The van der Waals surface area contributed by atoms with Gasteiger partial charge in [-0.2, -0.15) is 5.26 Å². The Labute approximate surface area is 85.8 Å². The van der Waals surface area contributed by atoms with Gasteiger partial charge in [-0.25, -0.2) is 4.39 Å². The van der Waals surface area contributed by atoms with Crippen molar-refractivity contribution in [1.29, 1.82) is 5.26 Å². The number of nitrogens with zero attached hydrogens (tertiary/aromatic N) is 1. The van der Waals surface area contributed by atoms with Crippen LogP contribution in [0.4, 0.5) is 9.39 Å². The highest BCUT2D eigenvalue weighted by Crippen LogP contribution is 2.38. The van der Waals surface area contributed by atoms with E-state index in [4.69, 9.17) is 11.0 Å². The summed E-state index contributed by atoms with van der Waals surface area (Å²) in [5.41, 5.74) is 6.95. The van der Waals surface area contributed by atoms with Gasteiger partial charge in [0.05, 0.1) is 10.4 Å². The Bertz CT molecular complexity index is 451. The monoisotopic (exact) mass is 208 g/mol. The standard InChI is InChI=1S/C10H9FN2S/c1-5(2)8-7(4-12)10(13)14-9(8)6(3)11/h1,3,13H2,2H3. The van der Waals surface area contributed by atoms with Gasteiger partial charge in [0, 0.05) is 5.56 Å². The Morgan fingerprint density at radius 1 is 1.57 bits per heavy atom. The maximum Gasteiger partial charge on any atom is 0.133 e. The Kier molecular flexibility index (Phi) is 2.73. The fourth-order valence-electron chi connectivity index (χ4n) is 1.16. The van der Waals surface area contributed by atoms with E-state index in [-0.39, 0.29) is 5.56 Å². The maximum absolute atomic E-state index is 13.0. The molecule has 0 aliphatic rings. The molecule has 0 saturated carbocycles. The number of rotatable bonds is 2. The smallest absolute Gasteiger partial charge is 0.133 e. The van der Waals surface area contributed by atoms with Gasteiger partial charge < -0.3 is 5.73 Å². The fourth-order valence-corrected chi connectivity index (χ4v) is 2.12. The van der Waals surface area contributed by atoms with Crippen LogP contribution in [0.25, 0.3) is 11.4 Å². The minimum Gasteiger partial charge on any atom is -0.389 e. The van der Waals surface area contributed by atoms with Gasteiger partial charge in [0.15, 0.2) is 0 Å². The van der Waals surface area contributed by atoms with Gasteiger partial charge in [-0.05, 0) is 12.5 Å². The van der Waals surface area contributed by atoms with E-state index in [9.17, 15) is 4.39 Å². The van der Waals surface area contributed by atoms with Crippen LogP contribution >= 0.6 is 11.3 Å². The van der Waals surface area contributed by atoms with E-state index >= 15 is 0 Å². The largest absolute Gasteiger partial charge is 0.389 e. The van der Waals surface area contributed by atoms with Gasteiger partial charge in [-0.1, -0.05) is 13.2 Å². The summed E-state index contributed by atoms with van der Waals surface area (Å²) in [6, 6.07) is 1.94. The number of halogens is 1. The Morgan fingerprint density at radius 2 is 2.14 bits per heavy atom. The summed E-state index contributed by atoms with van der Waals surface area (Å²) < 4.78 is 13.0. The summed E-state index contributed by atoms with van der Waals surface area (Å²) in [7, 11) is 0. The third-order valence-electron chi connectivity index (χ3n) is 1.72. The molecule has 72 valence electrons. The number of allylic oxidation sites excluding steroid dienone is 1. The maximum atomic E-state index is 13.0. The predicted octanol–water partition coefficient (Wildman–Crippen LogP) is 3.18. The molecule has 0 bridgehead atoms. The molecule has 0 radical (unpaired) electrons. The molecule has 14 heavy (non-hydrogen) atoms. The van der Waals surface area contributed by atoms with Gasteiger partial charge in [0.1, 0.15) is 16.9 Å². The zero-order valence-electron chi connectivity index (χ0n) is 7.72. The molecule has 2 N–H and O–H groups in total. The van der Waals surface area contributed by atoms with Crippen LogP contribution in [0.3, 0.4) is 0 Å². The summed E-state index contributed by atoms with van der Waals surface area (Å²) in [5.74, 6) is -0.582. The van der Waals surface area contributed by atoms with E-state index in [0.717, 1.165) is 11.3 Å². The van der Waals surface area contributed by atoms with Gasteiger partial charge >= 0.3 is 0 Å². The van der Waals surface area contributed by atoms with Crippen molar-refractivity contribution in [1.82, 2.24) is 0 Å². The topological polar surface area (TPSA) is 49.8 Å². The van der Waals surface area contributed by atoms with E-state index in [2.05, 4.69) is 13.2 Å². The first-order valence-corrected chi connectivity index (χ1v) is 4.63. The molecular formula is C10H9FN2S. The third-order valence-corrected chi connectivity index (χ3v) is 2.77. The third kappa shape index (κ3) is 1.54. The highest BCUT2D eigenvalue weighted by molar-refractivity contribution is 7.17. The van der Waals surface area contributed by atoms with Crippen molar-refractivity contribution < 1.29 is 4.39 Å². The minimum absolute atomic E-state index is 0.288. The first kappa shape index (κ1) is 10.5. The quantitative estimate of drug-likeness (QED) is 0.811. The molecule has 0 unspecified atom stereocenters. The van der Waals surface area contributed by atoms with Gasteiger partial charge in [-0.15, -0.1) is 11.3 Å². The summed E-state index contributed by atoms with van der Waals surface area (Å²) in [5, 5.41) is 9.13. The number of anilines is 1. The average molecular weight is 208 g/mol. The van der Waals surface area contributed by atoms with E-state index in [0.29, 0.717) is 21.0 Å². The van der Waals surface area contributed by atoms with Crippen molar-refractivity contribution in [2.24, 2.45) is 0 Å². The van der Waals surface area contributed by atoms with Crippen LogP contribution in [0.15, 0.2) is 13.2 Å². The van der Waals surface area contributed by atoms with Crippen LogP contribution < -0.4 is 5.73 Å². The van der Waals surface area contributed by atoms with Gasteiger partial charge in [0.25, 0.3) is 0 Å². The lowest BCUT2D eigenvalue weighted by molar-refractivity contribution is 0.766. The SMILES string of the molecule is C=C(F)c1sc(N)c(C#N)c1C(=C)C. The molecule has 0 saturated heterocycles. The molecular weight excluding hydrogens is 199 g/mol. The predicted molar refractivity (Wildman–Crippen MR) is 58.3 cm³/mol. The molecule has 0 spiro atoms. The number of hydrogen-bond donors (Lipinski definition) is 1. The average Bonchev–Trinajstić information content (AvgIpc) is 2.42. The van der Waals surface area contributed by atoms with E-state index < -0.39 is 5.83 Å². The number of nitriles is 1. The van der Waals surface area contributed by atoms with E-state index in [1.807, 2.05) is 6.07 Å². The number of nitrogen functional groups attached to an aromatic ring is 1. The molecule has 1 aromatic rings. The van der Waals surface area contributed by atoms with Crippen LogP contribution in [0.2, 0.25) is 0 Å². The second kappa shape index (κ2) is 3.64. The van der Waals surface area contributed by atoms with Crippen molar-refractivity contribution in [3.8, 4) is 6.07 Å². The number of thiophene rings is 1. The number of hydrogen-bond acceptors (Lipinski definition) is 3. The molecule has 0 fully saturated rings. The van der Waals surface area contributed by atoms with Crippen molar-refractivity contribution in [2.45, 2.75) is 6.92 Å². The molecule has 4 heteroatoms. The lowest BCUT2D eigenvalue weighted by Gasteiger charge is -1.99. The summed E-state index contributed by atoms with van der Waals surface area (Å²) in [4.78, 5) is 0.298. The van der Waals surface area contributed by atoms with Gasteiger partial charge in [-0.3, -0.25) is 0 Å². The highest BCUT2D eigenvalue weighted by atomic mass is 32.1. The van der Waals surface area contributed by atoms with Crippen LogP contribution in [-0.4, -0.2) is 0 Å². The highest BCUT2D eigenvalue weighted by Gasteiger charge is 2.18. The van der Waals surface area contributed by atoms with Crippen molar-refractivity contribution in [2.75, 3.05) is 5.73 Å². The van der Waals surface area contributed by atoms with E-state index in [1.54, 1.807) is 6.92 Å². The number of nitrogens with two attached hydrogens (primary N) is 1. The molecule has 0 aromatic carbocycles. The fraction of sp³-hybridized carbons (Fsp3) is 0.100. The lowest BCUT2D eigenvalue weighted by atomic mass is 10.0. The Morgan fingerprint density at radius 3 is 2.50 bits per heavy atom. The van der Waals surface area contributed by atoms with Crippen LogP contribution in [-0.2, 0) is 0 Å². The molecule has 2 nitrogen and oxygen atoms in total. The molecule has 0 atom stereocenters. The summed E-state index contributed by atoms with van der Waals surface area (Å²) in [6.07, 6.45) is 0. The molecule has 0 aliphatic carbocycles. The van der Waals surface area contributed by atoms with Crippen molar-refractivity contribution in [3.05, 3.63) is 29.2 Å². The second-order valence-corrected chi connectivity index (χ2v) is 3.89. The molecule has 1 aromatic heterocycles. The molecule has 1 heterocycles. The first-order valence-electron chi connectivity index (χ1n) is 3.82. The molecule has 1 rings (SSSR count). The normalized spacial score (nSPS) is 9.50. The van der Waals surface area contributed by atoms with Gasteiger partial charge in [0.2, 0.25) is 0 Å². The zero-order valence-corrected chi connectivity index (χ0v) is 8.54. The second-order valence-electron chi connectivity index (χ2n) is 2.84. The van der Waals surface area contributed by atoms with Crippen LogP contribution in [0.1, 0.15) is 22.9 Å². The molecule has 0 amide bonds.